The number of aliphatic imine (C=N–C) groups is 1. The van der Waals surface area contributed by atoms with Gasteiger partial charge in [0.25, 0.3) is 0 Å². The van der Waals surface area contributed by atoms with Crippen LogP contribution in [0.4, 0.5) is 0 Å². The van der Waals surface area contributed by atoms with Crippen LogP contribution in [0.25, 0.3) is 0 Å². The first-order valence-electron chi connectivity index (χ1n) is 10.2. The number of hydrogen-bond acceptors (Lipinski definition) is 4. The fourth-order valence-electron chi connectivity index (χ4n) is 4.33. The van der Waals surface area contributed by atoms with E-state index in [4.69, 9.17) is 9.47 Å². The molecule has 2 aliphatic rings. The SMILES string of the molecule is CN=C(NCC1CCCOC1c1ccc(C)cc1)N1CC(C)C(C(=O)OC)C1. The number of nitrogens with zero attached hydrogens (tertiary/aromatic N) is 2. The monoisotopic (exact) mass is 387 g/mol. The molecular weight excluding hydrogens is 354 g/mol. The van der Waals surface area contributed by atoms with Gasteiger partial charge in [0.15, 0.2) is 5.96 Å². The van der Waals surface area contributed by atoms with Gasteiger partial charge >= 0.3 is 5.97 Å². The number of aryl methyl sites for hydroxylation is 1. The van der Waals surface area contributed by atoms with Gasteiger partial charge in [-0.2, -0.15) is 0 Å². The summed E-state index contributed by atoms with van der Waals surface area (Å²) in [5.41, 5.74) is 2.51. The lowest BCUT2D eigenvalue weighted by molar-refractivity contribution is -0.145. The maximum Gasteiger partial charge on any atom is 0.310 e. The summed E-state index contributed by atoms with van der Waals surface area (Å²) in [6.07, 6.45) is 2.32. The number of guanidine groups is 1. The number of ether oxygens (including phenoxy) is 2. The van der Waals surface area contributed by atoms with Crippen molar-refractivity contribution in [2.75, 3.05) is 40.4 Å². The van der Waals surface area contributed by atoms with Crippen LogP contribution < -0.4 is 5.32 Å². The highest BCUT2D eigenvalue weighted by molar-refractivity contribution is 5.82. The largest absolute Gasteiger partial charge is 0.469 e. The Morgan fingerprint density at radius 2 is 2.07 bits per heavy atom. The standard InChI is InChI=1S/C22H33N3O3/c1-15-7-9-17(10-8-15)20-18(6-5-11-28-20)12-24-22(23-3)25-13-16(2)19(14-25)21(26)27-4/h7-10,16,18-20H,5-6,11-14H2,1-4H3,(H,23,24). The zero-order valence-corrected chi connectivity index (χ0v) is 17.5. The number of carbonyl (C=O) groups excluding carboxylic acids is 1. The number of hydrogen-bond donors (Lipinski definition) is 1. The van der Waals surface area contributed by atoms with Gasteiger partial charge in [0, 0.05) is 39.2 Å². The highest BCUT2D eigenvalue weighted by Gasteiger charge is 2.37. The number of likely N-dealkylation sites (tertiary alicyclic amines) is 1. The van der Waals surface area contributed by atoms with Crippen molar-refractivity contribution < 1.29 is 14.3 Å². The fourth-order valence-corrected chi connectivity index (χ4v) is 4.33. The van der Waals surface area contributed by atoms with E-state index in [2.05, 4.69) is 53.3 Å². The van der Waals surface area contributed by atoms with Crippen molar-refractivity contribution in [2.24, 2.45) is 22.7 Å². The maximum atomic E-state index is 12.0. The second-order valence-corrected chi connectivity index (χ2v) is 8.04. The van der Waals surface area contributed by atoms with Crippen molar-refractivity contribution in [3.8, 4) is 0 Å². The molecule has 2 saturated heterocycles. The van der Waals surface area contributed by atoms with E-state index in [1.807, 2.05) is 0 Å². The lowest BCUT2D eigenvalue weighted by Crippen LogP contribution is -2.44. The summed E-state index contributed by atoms with van der Waals surface area (Å²) < 4.78 is 11.1. The van der Waals surface area contributed by atoms with E-state index in [0.29, 0.717) is 12.5 Å². The molecule has 1 N–H and O–H groups in total. The summed E-state index contributed by atoms with van der Waals surface area (Å²) in [6.45, 7) is 7.27. The second-order valence-electron chi connectivity index (χ2n) is 8.04. The smallest absolute Gasteiger partial charge is 0.310 e. The predicted octanol–water partition coefficient (Wildman–Crippen LogP) is 2.78. The Morgan fingerprint density at radius 3 is 2.75 bits per heavy atom. The zero-order chi connectivity index (χ0) is 20.1. The molecule has 0 bridgehead atoms. The van der Waals surface area contributed by atoms with Crippen LogP contribution in [-0.2, 0) is 14.3 Å². The molecule has 28 heavy (non-hydrogen) atoms. The van der Waals surface area contributed by atoms with Crippen LogP contribution in [0.5, 0.6) is 0 Å². The van der Waals surface area contributed by atoms with Gasteiger partial charge in [-0.05, 0) is 31.2 Å². The number of rotatable bonds is 4. The van der Waals surface area contributed by atoms with Gasteiger partial charge in [-0.1, -0.05) is 36.8 Å². The number of methoxy groups -OCH3 is 1. The van der Waals surface area contributed by atoms with Crippen LogP contribution in [0.1, 0.15) is 37.0 Å². The number of carbonyl (C=O) groups is 1. The molecule has 2 fully saturated rings. The van der Waals surface area contributed by atoms with Gasteiger partial charge < -0.3 is 19.7 Å². The molecule has 4 atom stereocenters. The van der Waals surface area contributed by atoms with E-state index >= 15 is 0 Å². The predicted molar refractivity (Wildman–Crippen MR) is 110 cm³/mol. The minimum absolute atomic E-state index is 0.0955. The first-order chi connectivity index (χ1) is 13.5. The molecule has 0 aliphatic carbocycles. The Hall–Kier alpha value is -2.08. The second kappa shape index (κ2) is 9.41. The van der Waals surface area contributed by atoms with E-state index in [1.54, 1.807) is 7.05 Å². The van der Waals surface area contributed by atoms with Gasteiger partial charge in [-0.15, -0.1) is 0 Å². The lowest BCUT2D eigenvalue weighted by atomic mass is 9.89. The minimum Gasteiger partial charge on any atom is -0.469 e. The quantitative estimate of drug-likeness (QED) is 0.489. The lowest BCUT2D eigenvalue weighted by Gasteiger charge is -2.33. The van der Waals surface area contributed by atoms with Crippen molar-refractivity contribution in [1.82, 2.24) is 10.2 Å². The summed E-state index contributed by atoms with van der Waals surface area (Å²) in [5.74, 6) is 1.27. The molecule has 1 aromatic carbocycles. The molecule has 0 spiro atoms. The average Bonchev–Trinajstić information content (AvgIpc) is 3.10. The van der Waals surface area contributed by atoms with Gasteiger partial charge in [-0.25, -0.2) is 0 Å². The molecule has 6 nitrogen and oxygen atoms in total. The average molecular weight is 388 g/mol. The van der Waals surface area contributed by atoms with Crippen molar-refractivity contribution in [3.63, 3.8) is 0 Å². The van der Waals surface area contributed by atoms with E-state index in [-0.39, 0.29) is 23.9 Å². The van der Waals surface area contributed by atoms with Crippen LogP contribution in [0, 0.1) is 24.7 Å². The van der Waals surface area contributed by atoms with E-state index < -0.39 is 0 Å². The molecule has 0 radical (unpaired) electrons. The summed E-state index contributed by atoms with van der Waals surface area (Å²) in [7, 11) is 3.26. The van der Waals surface area contributed by atoms with Gasteiger partial charge in [0.2, 0.25) is 0 Å². The van der Waals surface area contributed by atoms with Crippen LogP contribution in [0.3, 0.4) is 0 Å². The van der Waals surface area contributed by atoms with E-state index in [9.17, 15) is 4.79 Å². The molecule has 0 saturated carbocycles. The van der Waals surface area contributed by atoms with E-state index in [0.717, 1.165) is 38.5 Å². The van der Waals surface area contributed by atoms with Crippen molar-refractivity contribution in [2.45, 2.75) is 32.8 Å². The third-order valence-electron chi connectivity index (χ3n) is 6.00. The molecule has 0 amide bonds. The Labute approximate surface area is 168 Å². The van der Waals surface area contributed by atoms with Crippen molar-refractivity contribution in [3.05, 3.63) is 35.4 Å². The number of esters is 1. The van der Waals surface area contributed by atoms with Crippen molar-refractivity contribution in [1.29, 1.82) is 0 Å². The van der Waals surface area contributed by atoms with Crippen LogP contribution in [0.15, 0.2) is 29.3 Å². The highest BCUT2D eigenvalue weighted by Crippen LogP contribution is 2.33. The zero-order valence-electron chi connectivity index (χ0n) is 17.5. The van der Waals surface area contributed by atoms with Gasteiger partial charge in [0.1, 0.15) is 0 Å². The Balaban J connectivity index is 1.62. The maximum absolute atomic E-state index is 12.0. The topological polar surface area (TPSA) is 63.2 Å². The minimum atomic E-state index is -0.134. The van der Waals surface area contributed by atoms with Gasteiger partial charge in [0.05, 0.1) is 19.1 Å². The molecule has 0 aromatic heterocycles. The highest BCUT2D eigenvalue weighted by atomic mass is 16.5. The summed E-state index contributed by atoms with van der Waals surface area (Å²) in [4.78, 5) is 18.6. The third-order valence-corrected chi connectivity index (χ3v) is 6.00. The molecule has 3 rings (SSSR count). The number of benzene rings is 1. The molecule has 1 aromatic rings. The third kappa shape index (κ3) is 4.66. The number of nitrogens with one attached hydrogen (secondary N) is 1. The first-order valence-corrected chi connectivity index (χ1v) is 10.2. The molecule has 4 unspecified atom stereocenters. The fraction of sp³-hybridized carbons (Fsp3) is 0.636. The van der Waals surface area contributed by atoms with Crippen LogP contribution >= 0.6 is 0 Å². The summed E-state index contributed by atoms with van der Waals surface area (Å²) in [6, 6.07) is 8.65. The Bertz CT molecular complexity index is 689. The summed E-state index contributed by atoms with van der Waals surface area (Å²) in [5, 5.41) is 3.53. The van der Waals surface area contributed by atoms with Crippen molar-refractivity contribution >= 4 is 11.9 Å². The summed E-state index contributed by atoms with van der Waals surface area (Å²) >= 11 is 0. The first kappa shape index (κ1) is 20.6. The van der Waals surface area contributed by atoms with E-state index in [1.165, 1.54) is 18.2 Å². The Morgan fingerprint density at radius 1 is 1.32 bits per heavy atom. The molecule has 2 aliphatic heterocycles. The molecule has 154 valence electrons. The van der Waals surface area contributed by atoms with Crippen LogP contribution in [-0.4, -0.2) is 57.2 Å². The van der Waals surface area contributed by atoms with Crippen LogP contribution in [0.2, 0.25) is 0 Å². The van der Waals surface area contributed by atoms with Gasteiger partial charge in [-0.3, -0.25) is 9.79 Å². The molecule has 6 heteroatoms. The molecule has 2 heterocycles. The normalized spacial score (nSPS) is 28.3. The molecular formula is C22H33N3O3. The Kier molecular flexibility index (Phi) is 6.94.